The highest BCUT2D eigenvalue weighted by Gasteiger charge is 2.49. The first kappa shape index (κ1) is 12.0. The van der Waals surface area contributed by atoms with Gasteiger partial charge in [0.25, 0.3) is 0 Å². The van der Waals surface area contributed by atoms with E-state index >= 15 is 0 Å². The summed E-state index contributed by atoms with van der Waals surface area (Å²) in [7, 11) is 2.23. The highest BCUT2D eigenvalue weighted by molar-refractivity contribution is 5.03. The van der Waals surface area contributed by atoms with Crippen LogP contribution in [0.5, 0.6) is 0 Å². The van der Waals surface area contributed by atoms with E-state index in [-0.39, 0.29) is 0 Å². The Morgan fingerprint density at radius 3 is 2.41 bits per heavy atom. The van der Waals surface area contributed by atoms with E-state index in [4.69, 9.17) is 0 Å². The largest absolute Gasteiger partial charge is 0.316 e. The van der Waals surface area contributed by atoms with Crippen LogP contribution in [0.25, 0.3) is 0 Å². The lowest BCUT2D eigenvalue weighted by atomic mass is 9.67. The Balaban J connectivity index is 1.78. The molecule has 4 unspecified atom stereocenters. The van der Waals surface area contributed by atoms with Gasteiger partial charge >= 0.3 is 0 Å². The molecule has 98 valence electrons. The van der Waals surface area contributed by atoms with E-state index in [2.05, 4.69) is 19.3 Å². The number of hydrogen-bond acceptors (Lipinski definition) is 1. The molecular formula is C16H29N. The van der Waals surface area contributed by atoms with Crippen molar-refractivity contribution in [2.75, 3.05) is 7.05 Å². The van der Waals surface area contributed by atoms with E-state index in [0.717, 1.165) is 23.8 Å². The summed E-state index contributed by atoms with van der Waals surface area (Å²) in [4.78, 5) is 0. The molecule has 0 saturated heterocycles. The van der Waals surface area contributed by atoms with Crippen molar-refractivity contribution in [1.82, 2.24) is 5.32 Å². The van der Waals surface area contributed by atoms with E-state index in [0.29, 0.717) is 5.41 Å². The Kier molecular flexibility index (Phi) is 3.23. The van der Waals surface area contributed by atoms with Crippen LogP contribution >= 0.6 is 0 Å². The summed E-state index contributed by atoms with van der Waals surface area (Å²) in [6, 6.07) is 0.824. The average molecular weight is 235 g/mol. The summed E-state index contributed by atoms with van der Waals surface area (Å²) < 4.78 is 0. The quantitative estimate of drug-likeness (QED) is 0.777. The lowest BCUT2D eigenvalue weighted by Crippen LogP contribution is -2.48. The third kappa shape index (κ3) is 1.85. The summed E-state index contributed by atoms with van der Waals surface area (Å²) in [5, 5.41) is 3.76. The maximum Gasteiger partial charge on any atom is 0.0151 e. The average Bonchev–Trinajstić information content (AvgIpc) is 3.06. The van der Waals surface area contributed by atoms with Gasteiger partial charge in [-0.25, -0.2) is 0 Å². The molecule has 3 aliphatic rings. The SMILES string of the molecule is CCC1(C(NC)C2CC3CCC2C3)CCCC1. The van der Waals surface area contributed by atoms with Crippen LogP contribution in [0.15, 0.2) is 0 Å². The molecule has 3 aliphatic carbocycles. The third-order valence-electron chi connectivity index (χ3n) is 6.50. The second kappa shape index (κ2) is 4.57. The molecule has 0 aromatic heterocycles. The summed E-state index contributed by atoms with van der Waals surface area (Å²) >= 11 is 0. The summed E-state index contributed by atoms with van der Waals surface area (Å²) in [6.45, 7) is 2.43. The van der Waals surface area contributed by atoms with Crippen LogP contribution in [-0.4, -0.2) is 13.1 Å². The van der Waals surface area contributed by atoms with Crippen LogP contribution in [0.4, 0.5) is 0 Å². The zero-order valence-electron chi connectivity index (χ0n) is 11.7. The van der Waals surface area contributed by atoms with Crippen molar-refractivity contribution in [1.29, 1.82) is 0 Å². The van der Waals surface area contributed by atoms with Crippen molar-refractivity contribution < 1.29 is 0 Å². The third-order valence-corrected chi connectivity index (χ3v) is 6.50. The lowest BCUT2D eigenvalue weighted by Gasteiger charge is -2.43. The number of hydrogen-bond donors (Lipinski definition) is 1. The van der Waals surface area contributed by atoms with E-state index in [1.54, 1.807) is 6.42 Å². The van der Waals surface area contributed by atoms with Crippen LogP contribution in [-0.2, 0) is 0 Å². The predicted molar refractivity (Wildman–Crippen MR) is 73.0 cm³/mol. The highest BCUT2D eigenvalue weighted by atomic mass is 14.9. The van der Waals surface area contributed by atoms with Crippen molar-refractivity contribution in [3.8, 4) is 0 Å². The van der Waals surface area contributed by atoms with Gasteiger partial charge in [0, 0.05) is 6.04 Å². The van der Waals surface area contributed by atoms with Gasteiger partial charge in [-0.15, -0.1) is 0 Å². The molecule has 1 nitrogen and oxygen atoms in total. The first-order valence-electron chi connectivity index (χ1n) is 7.96. The smallest absolute Gasteiger partial charge is 0.0151 e. The maximum atomic E-state index is 3.76. The second-order valence-corrected chi connectivity index (χ2v) is 7.03. The zero-order valence-corrected chi connectivity index (χ0v) is 11.7. The molecule has 3 fully saturated rings. The maximum absolute atomic E-state index is 3.76. The number of nitrogens with one attached hydrogen (secondary N) is 1. The number of rotatable bonds is 4. The van der Waals surface area contributed by atoms with Gasteiger partial charge in [-0.2, -0.15) is 0 Å². The molecular weight excluding hydrogens is 206 g/mol. The van der Waals surface area contributed by atoms with Crippen LogP contribution in [0, 0.1) is 23.2 Å². The predicted octanol–water partition coefficient (Wildman–Crippen LogP) is 3.98. The van der Waals surface area contributed by atoms with Crippen molar-refractivity contribution in [2.45, 2.75) is 70.8 Å². The minimum Gasteiger partial charge on any atom is -0.316 e. The van der Waals surface area contributed by atoms with Gasteiger partial charge in [0.2, 0.25) is 0 Å². The molecule has 3 saturated carbocycles. The fraction of sp³-hybridized carbons (Fsp3) is 1.00. The van der Waals surface area contributed by atoms with E-state index < -0.39 is 0 Å². The standard InChI is InChI=1S/C16H29N/c1-3-16(8-4-5-9-16)15(17-2)14-11-12-6-7-13(14)10-12/h12-15,17H,3-11H2,1-2H3. The lowest BCUT2D eigenvalue weighted by molar-refractivity contribution is 0.106. The molecule has 3 rings (SSSR count). The Morgan fingerprint density at radius 1 is 1.18 bits per heavy atom. The molecule has 1 heteroatoms. The summed E-state index contributed by atoms with van der Waals surface area (Å²) in [5.41, 5.74) is 0.657. The second-order valence-electron chi connectivity index (χ2n) is 7.03. The molecule has 0 aromatic carbocycles. The first-order chi connectivity index (χ1) is 8.29. The van der Waals surface area contributed by atoms with Gasteiger partial charge in [-0.1, -0.05) is 26.2 Å². The molecule has 0 heterocycles. The fourth-order valence-electron chi connectivity index (χ4n) is 5.64. The molecule has 1 N–H and O–H groups in total. The minimum absolute atomic E-state index is 0.657. The first-order valence-corrected chi connectivity index (χ1v) is 7.96. The van der Waals surface area contributed by atoms with Crippen LogP contribution in [0.3, 0.4) is 0 Å². The van der Waals surface area contributed by atoms with Crippen LogP contribution < -0.4 is 5.32 Å². The Hall–Kier alpha value is -0.0400. The van der Waals surface area contributed by atoms with E-state index in [1.165, 1.54) is 51.4 Å². The van der Waals surface area contributed by atoms with Gasteiger partial charge in [-0.05, 0) is 68.7 Å². The summed E-state index contributed by atoms with van der Waals surface area (Å²) in [5.74, 6) is 3.18. The molecule has 4 atom stereocenters. The van der Waals surface area contributed by atoms with Gasteiger partial charge in [0.15, 0.2) is 0 Å². The molecule has 0 amide bonds. The van der Waals surface area contributed by atoms with Gasteiger partial charge in [-0.3, -0.25) is 0 Å². The van der Waals surface area contributed by atoms with E-state index in [9.17, 15) is 0 Å². The topological polar surface area (TPSA) is 12.0 Å². The summed E-state index contributed by atoms with van der Waals surface area (Å²) in [6.07, 6.45) is 13.5. The molecule has 0 aliphatic heterocycles. The normalized spacial score (nSPS) is 40.9. The molecule has 2 bridgehead atoms. The molecule has 0 aromatic rings. The van der Waals surface area contributed by atoms with Crippen LogP contribution in [0.1, 0.15) is 64.7 Å². The minimum atomic E-state index is 0.657. The van der Waals surface area contributed by atoms with Crippen molar-refractivity contribution >= 4 is 0 Å². The van der Waals surface area contributed by atoms with Crippen LogP contribution in [0.2, 0.25) is 0 Å². The van der Waals surface area contributed by atoms with Crippen molar-refractivity contribution in [3.63, 3.8) is 0 Å². The number of fused-ring (bicyclic) bond motifs is 2. The van der Waals surface area contributed by atoms with Gasteiger partial charge in [0.1, 0.15) is 0 Å². The Morgan fingerprint density at radius 2 is 1.94 bits per heavy atom. The van der Waals surface area contributed by atoms with Crippen molar-refractivity contribution in [3.05, 3.63) is 0 Å². The zero-order chi connectivity index (χ0) is 11.9. The van der Waals surface area contributed by atoms with Crippen molar-refractivity contribution in [2.24, 2.45) is 23.2 Å². The van der Waals surface area contributed by atoms with E-state index in [1.807, 2.05) is 0 Å². The van der Waals surface area contributed by atoms with Gasteiger partial charge < -0.3 is 5.32 Å². The molecule has 17 heavy (non-hydrogen) atoms. The Labute approximate surface area is 107 Å². The molecule has 0 spiro atoms. The Bertz CT molecular complexity index is 267. The van der Waals surface area contributed by atoms with Gasteiger partial charge in [0.05, 0.1) is 0 Å². The molecule has 0 radical (unpaired) electrons. The fourth-order valence-corrected chi connectivity index (χ4v) is 5.64. The highest BCUT2D eigenvalue weighted by Crippen LogP contribution is 2.55. The monoisotopic (exact) mass is 235 g/mol.